The van der Waals surface area contributed by atoms with Crippen molar-refractivity contribution in [3.63, 3.8) is 0 Å². The van der Waals surface area contributed by atoms with Gasteiger partial charge in [-0.25, -0.2) is 8.42 Å². The molecule has 6 nitrogen and oxygen atoms in total. The lowest BCUT2D eigenvalue weighted by Crippen LogP contribution is -2.25. The zero-order chi connectivity index (χ0) is 20.5. The van der Waals surface area contributed by atoms with Crippen molar-refractivity contribution in [2.45, 2.75) is 11.3 Å². The van der Waals surface area contributed by atoms with E-state index in [1.54, 1.807) is 24.3 Å². The molecule has 0 heterocycles. The number of hydrogen-bond donors (Lipinski definition) is 3. The third-order valence-corrected chi connectivity index (χ3v) is 5.59. The number of hydrogen-bond acceptors (Lipinski definition) is 4. The quantitative estimate of drug-likeness (QED) is 0.470. The summed E-state index contributed by atoms with van der Waals surface area (Å²) >= 11 is 0. The number of carbonyl (C=O) groups excluding carboxylic acids is 1. The number of anilines is 2. The minimum Gasteiger partial charge on any atom is -0.385 e. The molecule has 3 aromatic rings. The summed E-state index contributed by atoms with van der Waals surface area (Å²) in [5.41, 5.74) is 1.94. The first-order chi connectivity index (χ1) is 14.0. The highest BCUT2D eigenvalue weighted by atomic mass is 32.2. The molecule has 0 aliphatic carbocycles. The first kappa shape index (κ1) is 20.4. The van der Waals surface area contributed by atoms with Crippen molar-refractivity contribution in [2.24, 2.45) is 0 Å². The molecule has 0 saturated heterocycles. The van der Waals surface area contributed by atoms with E-state index in [9.17, 15) is 13.2 Å². The standard InChI is InChI=1S/C22H23N3O3S/c26-22(24-17-7-16-23-19-8-3-1-4-9-19)18-12-14-21(15-13-18)29(27,28)25-20-10-5-2-6-11-20/h1-6,8-15,23,25H,7,16-17H2,(H,24,26). The molecular weight excluding hydrogens is 386 g/mol. The summed E-state index contributed by atoms with van der Waals surface area (Å²) in [7, 11) is -3.70. The minimum absolute atomic E-state index is 0.102. The van der Waals surface area contributed by atoms with Gasteiger partial charge in [0.15, 0.2) is 0 Å². The van der Waals surface area contributed by atoms with E-state index in [0.29, 0.717) is 17.8 Å². The van der Waals surface area contributed by atoms with Gasteiger partial charge in [-0.2, -0.15) is 0 Å². The molecule has 3 aromatic carbocycles. The monoisotopic (exact) mass is 409 g/mol. The van der Waals surface area contributed by atoms with Crippen molar-refractivity contribution in [2.75, 3.05) is 23.1 Å². The van der Waals surface area contributed by atoms with Crippen LogP contribution in [0.1, 0.15) is 16.8 Å². The molecule has 7 heteroatoms. The second-order valence-corrected chi connectivity index (χ2v) is 8.08. The van der Waals surface area contributed by atoms with Gasteiger partial charge in [0.25, 0.3) is 15.9 Å². The Kier molecular flexibility index (Phi) is 6.86. The van der Waals surface area contributed by atoms with Crippen LogP contribution in [-0.4, -0.2) is 27.4 Å². The van der Waals surface area contributed by atoms with Gasteiger partial charge >= 0.3 is 0 Å². The van der Waals surface area contributed by atoms with Crippen molar-refractivity contribution in [3.05, 3.63) is 90.5 Å². The number of rotatable bonds is 9. The first-order valence-corrected chi connectivity index (χ1v) is 10.8. The van der Waals surface area contributed by atoms with E-state index in [1.165, 1.54) is 24.3 Å². The van der Waals surface area contributed by atoms with E-state index >= 15 is 0 Å². The number of benzene rings is 3. The van der Waals surface area contributed by atoms with Gasteiger partial charge in [0.2, 0.25) is 0 Å². The Bertz CT molecular complexity index is 1020. The normalized spacial score (nSPS) is 10.9. The van der Waals surface area contributed by atoms with Crippen LogP contribution in [0, 0.1) is 0 Å². The van der Waals surface area contributed by atoms with Gasteiger partial charge in [-0.1, -0.05) is 36.4 Å². The van der Waals surface area contributed by atoms with Gasteiger partial charge in [0.1, 0.15) is 0 Å². The second-order valence-electron chi connectivity index (χ2n) is 6.40. The number of nitrogens with one attached hydrogen (secondary N) is 3. The number of carbonyl (C=O) groups is 1. The average Bonchev–Trinajstić information content (AvgIpc) is 2.74. The highest BCUT2D eigenvalue weighted by Crippen LogP contribution is 2.16. The Hall–Kier alpha value is -3.32. The zero-order valence-corrected chi connectivity index (χ0v) is 16.7. The summed E-state index contributed by atoms with van der Waals surface area (Å²) in [6.07, 6.45) is 0.772. The zero-order valence-electron chi connectivity index (χ0n) is 15.8. The van der Waals surface area contributed by atoms with Gasteiger partial charge in [0, 0.05) is 30.0 Å². The Morgan fingerprint density at radius 3 is 1.93 bits per heavy atom. The smallest absolute Gasteiger partial charge is 0.261 e. The number of sulfonamides is 1. The Balaban J connectivity index is 1.48. The molecule has 3 rings (SSSR count). The van der Waals surface area contributed by atoms with Crippen molar-refractivity contribution in [3.8, 4) is 0 Å². The van der Waals surface area contributed by atoms with Gasteiger partial charge in [0.05, 0.1) is 4.90 Å². The van der Waals surface area contributed by atoms with Crippen LogP contribution in [0.15, 0.2) is 89.8 Å². The summed E-state index contributed by atoms with van der Waals surface area (Å²) in [4.78, 5) is 12.3. The molecule has 150 valence electrons. The van der Waals surface area contributed by atoms with Crippen LogP contribution in [0.25, 0.3) is 0 Å². The molecule has 0 saturated carbocycles. The van der Waals surface area contributed by atoms with Crippen LogP contribution in [0.3, 0.4) is 0 Å². The fraction of sp³-hybridized carbons (Fsp3) is 0.136. The van der Waals surface area contributed by atoms with E-state index in [4.69, 9.17) is 0 Å². The van der Waals surface area contributed by atoms with E-state index in [1.807, 2.05) is 36.4 Å². The summed E-state index contributed by atoms with van der Waals surface area (Å²) in [5.74, 6) is -0.232. The second kappa shape index (κ2) is 9.75. The third-order valence-electron chi connectivity index (χ3n) is 4.19. The van der Waals surface area contributed by atoms with Crippen LogP contribution in [-0.2, 0) is 10.0 Å². The maximum Gasteiger partial charge on any atom is 0.261 e. The van der Waals surface area contributed by atoms with Crippen LogP contribution in [0.4, 0.5) is 11.4 Å². The molecule has 3 N–H and O–H groups in total. The summed E-state index contributed by atoms with van der Waals surface area (Å²) in [5, 5.41) is 6.12. The van der Waals surface area contributed by atoms with Crippen LogP contribution in [0.2, 0.25) is 0 Å². The fourth-order valence-electron chi connectivity index (χ4n) is 2.69. The maximum atomic E-state index is 12.4. The van der Waals surface area contributed by atoms with E-state index in [0.717, 1.165) is 18.7 Å². The largest absolute Gasteiger partial charge is 0.385 e. The van der Waals surface area contributed by atoms with E-state index < -0.39 is 10.0 Å². The maximum absolute atomic E-state index is 12.4. The van der Waals surface area contributed by atoms with Crippen LogP contribution < -0.4 is 15.4 Å². The van der Waals surface area contributed by atoms with Crippen molar-refractivity contribution >= 4 is 27.3 Å². The molecule has 1 amide bonds. The molecule has 0 unspecified atom stereocenters. The molecule has 0 atom stereocenters. The van der Waals surface area contributed by atoms with Crippen LogP contribution in [0.5, 0.6) is 0 Å². The Morgan fingerprint density at radius 2 is 1.31 bits per heavy atom. The van der Waals surface area contributed by atoms with Crippen molar-refractivity contribution < 1.29 is 13.2 Å². The lowest BCUT2D eigenvalue weighted by molar-refractivity contribution is 0.0953. The third kappa shape index (κ3) is 6.08. The molecule has 0 fully saturated rings. The molecule has 0 spiro atoms. The fourth-order valence-corrected chi connectivity index (χ4v) is 3.75. The lowest BCUT2D eigenvalue weighted by atomic mass is 10.2. The first-order valence-electron chi connectivity index (χ1n) is 9.30. The summed E-state index contributed by atoms with van der Waals surface area (Å²) < 4.78 is 27.4. The molecule has 0 aliphatic rings. The van der Waals surface area contributed by atoms with Crippen LogP contribution >= 0.6 is 0 Å². The SMILES string of the molecule is O=C(NCCCNc1ccccc1)c1ccc(S(=O)(=O)Nc2ccccc2)cc1. The predicted octanol–water partition coefficient (Wildman–Crippen LogP) is 3.72. The molecule has 0 radical (unpaired) electrons. The Morgan fingerprint density at radius 1 is 0.724 bits per heavy atom. The molecular formula is C22H23N3O3S. The predicted molar refractivity (Wildman–Crippen MR) is 116 cm³/mol. The highest BCUT2D eigenvalue weighted by Gasteiger charge is 2.15. The van der Waals surface area contributed by atoms with E-state index in [2.05, 4.69) is 15.4 Å². The Labute approximate surface area is 171 Å². The van der Waals surface area contributed by atoms with Gasteiger partial charge in [-0.05, 0) is 55.0 Å². The summed E-state index contributed by atoms with van der Waals surface area (Å²) in [6, 6.07) is 24.4. The van der Waals surface area contributed by atoms with Crippen molar-refractivity contribution in [1.82, 2.24) is 5.32 Å². The van der Waals surface area contributed by atoms with Gasteiger partial charge in [-0.3, -0.25) is 9.52 Å². The number of para-hydroxylation sites is 2. The molecule has 0 bridgehead atoms. The van der Waals surface area contributed by atoms with Crippen molar-refractivity contribution in [1.29, 1.82) is 0 Å². The van der Waals surface area contributed by atoms with Gasteiger partial charge in [-0.15, -0.1) is 0 Å². The highest BCUT2D eigenvalue weighted by molar-refractivity contribution is 7.92. The molecule has 29 heavy (non-hydrogen) atoms. The minimum atomic E-state index is -3.70. The molecule has 0 aromatic heterocycles. The topological polar surface area (TPSA) is 87.3 Å². The average molecular weight is 410 g/mol. The lowest BCUT2D eigenvalue weighted by Gasteiger charge is -2.09. The number of amides is 1. The van der Waals surface area contributed by atoms with E-state index in [-0.39, 0.29) is 10.8 Å². The molecule has 0 aliphatic heterocycles. The van der Waals surface area contributed by atoms with Gasteiger partial charge < -0.3 is 10.6 Å². The summed E-state index contributed by atoms with van der Waals surface area (Å²) in [6.45, 7) is 1.26.